The average Bonchev–Trinajstić information content (AvgIpc) is 2.79. The topological polar surface area (TPSA) is 71.7 Å². The molecule has 0 amide bonds. The first-order valence-electron chi connectivity index (χ1n) is 9.15. The van der Waals surface area contributed by atoms with Crippen LogP contribution in [0, 0.1) is 18.3 Å². The minimum atomic E-state index is 0.420. The van der Waals surface area contributed by atoms with Gasteiger partial charge in [0.15, 0.2) is 5.82 Å². The van der Waals surface area contributed by atoms with Crippen LogP contribution in [0.2, 0.25) is 0 Å². The maximum absolute atomic E-state index is 9.44. The molecule has 1 heterocycles. The number of ether oxygens (including phenoxy) is 1. The molecule has 0 unspecified atom stereocenters. The zero-order chi connectivity index (χ0) is 20.2. The molecule has 0 radical (unpaired) electrons. The van der Waals surface area contributed by atoms with Crippen molar-refractivity contribution in [1.82, 2.24) is 15.2 Å². The second-order valence-corrected chi connectivity index (χ2v) is 6.58. The van der Waals surface area contributed by atoms with Gasteiger partial charge in [0.05, 0.1) is 18.7 Å². The molecule has 0 bridgehead atoms. The minimum absolute atomic E-state index is 0.420. The third kappa shape index (κ3) is 3.69. The Morgan fingerprint density at radius 2 is 1.45 bits per heavy atom. The largest absolute Gasteiger partial charge is 0.497 e. The number of benzene rings is 3. The normalized spacial score (nSPS) is 10.4. The van der Waals surface area contributed by atoms with Gasteiger partial charge in [0.1, 0.15) is 17.1 Å². The molecule has 0 atom stereocenters. The van der Waals surface area contributed by atoms with Crippen molar-refractivity contribution in [1.29, 1.82) is 5.26 Å². The van der Waals surface area contributed by atoms with Crippen molar-refractivity contribution >= 4 is 0 Å². The molecule has 5 nitrogen and oxygen atoms in total. The summed E-state index contributed by atoms with van der Waals surface area (Å²) in [5.74, 6) is 1.19. The highest BCUT2D eigenvalue weighted by molar-refractivity contribution is 5.79. The lowest BCUT2D eigenvalue weighted by Crippen LogP contribution is -2.01. The Morgan fingerprint density at radius 1 is 0.793 bits per heavy atom. The number of aryl methyl sites for hydroxylation is 1. The maximum Gasteiger partial charge on any atom is 0.183 e. The Morgan fingerprint density at radius 3 is 2.14 bits per heavy atom. The Hall–Kier alpha value is -4.04. The van der Waals surface area contributed by atoms with Crippen LogP contribution in [-0.2, 0) is 0 Å². The summed E-state index contributed by atoms with van der Waals surface area (Å²) >= 11 is 0. The lowest BCUT2D eigenvalue weighted by Gasteiger charge is -2.11. The van der Waals surface area contributed by atoms with Crippen LogP contribution in [0.3, 0.4) is 0 Å². The Balaban J connectivity index is 1.92. The van der Waals surface area contributed by atoms with Gasteiger partial charge in [-0.1, -0.05) is 42.0 Å². The van der Waals surface area contributed by atoms with Crippen molar-refractivity contribution in [2.24, 2.45) is 0 Å². The number of methoxy groups -OCH3 is 1. The second kappa shape index (κ2) is 7.91. The highest BCUT2D eigenvalue weighted by Crippen LogP contribution is 2.31. The molecule has 4 aromatic rings. The van der Waals surface area contributed by atoms with Gasteiger partial charge in [-0.25, -0.2) is 4.98 Å². The zero-order valence-electron chi connectivity index (χ0n) is 16.1. The van der Waals surface area contributed by atoms with E-state index in [4.69, 9.17) is 9.72 Å². The number of hydrogen-bond donors (Lipinski definition) is 0. The lowest BCUT2D eigenvalue weighted by atomic mass is 10.0. The predicted molar refractivity (Wildman–Crippen MR) is 112 cm³/mol. The van der Waals surface area contributed by atoms with Crippen molar-refractivity contribution < 1.29 is 4.74 Å². The van der Waals surface area contributed by atoms with E-state index in [2.05, 4.69) is 16.3 Å². The summed E-state index contributed by atoms with van der Waals surface area (Å²) in [6.45, 7) is 2.04. The predicted octanol–water partition coefficient (Wildman–Crippen LogP) is 5.06. The van der Waals surface area contributed by atoms with E-state index in [0.717, 1.165) is 16.9 Å². The van der Waals surface area contributed by atoms with Gasteiger partial charge in [-0.2, -0.15) is 5.26 Å². The van der Waals surface area contributed by atoms with Crippen LogP contribution in [0.5, 0.6) is 5.75 Å². The molecule has 1 aromatic heterocycles. The first kappa shape index (κ1) is 18.3. The van der Waals surface area contributed by atoms with Crippen molar-refractivity contribution in [2.75, 3.05) is 7.11 Å². The Labute approximate surface area is 169 Å². The van der Waals surface area contributed by atoms with Crippen molar-refractivity contribution in [3.05, 3.63) is 83.9 Å². The molecular formula is C24H18N4O. The van der Waals surface area contributed by atoms with Crippen LogP contribution < -0.4 is 4.74 Å². The monoisotopic (exact) mass is 378 g/mol. The van der Waals surface area contributed by atoms with E-state index in [1.165, 1.54) is 5.56 Å². The molecule has 0 aliphatic rings. The molecule has 0 aliphatic heterocycles. The van der Waals surface area contributed by atoms with Gasteiger partial charge in [0.2, 0.25) is 0 Å². The molecule has 5 heteroatoms. The maximum atomic E-state index is 9.44. The summed E-state index contributed by atoms with van der Waals surface area (Å²) in [6.07, 6.45) is 0. The molecule has 0 saturated carbocycles. The molecule has 4 rings (SSSR count). The molecule has 0 aliphatic carbocycles. The molecule has 0 spiro atoms. The van der Waals surface area contributed by atoms with Crippen LogP contribution in [0.1, 0.15) is 11.1 Å². The SMILES string of the molecule is COc1ccc(-c2nc(-c3ccccc3C#N)nnc2-c2ccc(C)cc2)cc1. The van der Waals surface area contributed by atoms with Gasteiger partial charge in [0, 0.05) is 16.7 Å². The van der Waals surface area contributed by atoms with E-state index in [1.54, 1.807) is 13.2 Å². The third-order valence-corrected chi connectivity index (χ3v) is 4.66. The summed E-state index contributed by atoms with van der Waals surface area (Å²) in [5.41, 5.74) is 5.56. The first-order valence-corrected chi connectivity index (χ1v) is 9.15. The molecule has 0 fully saturated rings. The number of hydrogen-bond acceptors (Lipinski definition) is 5. The molecule has 140 valence electrons. The fourth-order valence-corrected chi connectivity index (χ4v) is 3.07. The smallest absolute Gasteiger partial charge is 0.183 e. The number of aromatic nitrogens is 3. The van der Waals surface area contributed by atoms with Gasteiger partial charge >= 0.3 is 0 Å². The van der Waals surface area contributed by atoms with E-state index >= 15 is 0 Å². The van der Waals surface area contributed by atoms with E-state index in [1.807, 2.05) is 73.7 Å². The number of rotatable bonds is 4. The van der Waals surface area contributed by atoms with E-state index in [0.29, 0.717) is 28.3 Å². The molecule has 29 heavy (non-hydrogen) atoms. The molecule has 0 N–H and O–H groups in total. The standard InChI is InChI=1S/C24H18N4O/c1-16-7-9-18(10-8-16)23-22(17-11-13-20(29-2)14-12-17)26-24(28-27-23)21-6-4-3-5-19(21)15-25/h3-14H,1-2H3. The molecule has 0 saturated heterocycles. The van der Waals surface area contributed by atoms with Crippen molar-refractivity contribution in [3.63, 3.8) is 0 Å². The van der Waals surface area contributed by atoms with E-state index < -0.39 is 0 Å². The van der Waals surface area contributed by atoms with Gasteiger partial charge in [-0.05, 0) is 43.3 Å². The van der Waals surface area contributed by atoms with Crippen LogP contribution in [-0.4, -0.2) is 22.3 Å². The summed E-state index contributed by atoms with van der Waals surface area (Å²) < 4.78 is 5.27. The first-order chi connectivity index (χ1) is 14.2. The van der Waals surface area contributed by atoms with Crippen LogP contribution in [0.15, 0.2) is 72.8 Å². The van der Waals surface area contributed by atoms with Gasteiger partial charge in [0.25, 0.3) is 0 Å². The fourth-order valence-electron chi connectivity index (χ4n) is 3.07. The van der Waals surface area contributed by atoms with Gasteiger partial charge in [-0.15, -0.1) is 10.2 Å². The van der Waals surface area contributed by atoms with E-state index in [-0.39, 0.29) is 0 Å². The lowest BCUT2D eigenvalue weighted by molar-refractivity contribution is 0.415. The van der Waals surface area contributed by atoms with Crippen LogP contribution >= 0.6 is 0 Å². The average molecular weight is 378 g/mol. The van der Waals surface area contributed by atoms with Gasteiger partial charge < -0.3 is 4.74 Å². The quantitative estimate of drug-likeness (QED) is 0.496. The van der Waals surface area contributed by atoms with Crippen molar-refractivity contribution in [3.8, 4) is 45.7 Å². The second-order valence-electron chi connectivity index (χ2n) is 6.58. The fraction of sp³-hybridized carbons (Fsp3) is 0.0833. The zero-order valence-corrected chi connectivity index (χ0v) is 16.1. The number of nitrogens with zero attached hydrogens (tertiary/aromatic N) is 4. The molecular weight excluding hydrogens is 360 g/mol. The Kier molecular flexibility index (Phi) is 5.00. The van der Waals surface area contributed by atoms with Crippen LogP contribution in [0.25, 0.3) is 33.9 Å². The summed E-state index contributed by atoms with van der Waals surface area (Å²) in [5, 5.41) is 18.3. The van der Waals surface area contributed by atoms with Crippen molar-refractivity contribution in [2.45, 2.75) is 6.92 Å². The summed E-state index contributed by atoms with van der Waals surface area (Å²) in [4.78, 5) is 4.81. The minimum Gasteiger partial charge on any atom is -0.497 e. The summed E-state index contributed by atoms with van der Waals surface area (Å²) in [7, 11) is 1.63. The highest BCUT2D eigenvalue weighted by atomic mass is 16.5. The van der Waals surface area contributed by atoms with Crippen LogP contribution in [0.4, 0.5) is 0 Å². The number of nitriles is 1. The van der Waals surface area contributed by atoms with E-state index in [9.17, 15) is 5.26 Å². The Bertz CT molecular complexity index is 1190. The van der Waals surface area contributed by atoms with Gasteiger partial charge in [-0.3, -0.25) is 0 Å². The summed E-state index contributed by atoms with van der Waals surface area (Å²) in [6, 6.07) is 25.2. The third-order valence-electron chi connectivity index (χ3n) is 4.66. The molecule has 3 aromatic carbocycles. The highest BCUT2D eigenvalue weighted by Gasteiger charge is 2.16.